The highest BCUT2D eigenvalue weighted by Gasteiger charge is 2.16. The third kappa shape index (κ3) is 2.59. The second-order valence-corrected chi connectivity index (χ2v) is 5.62. The van der Waals surface area contributed by atoms with Crippen LogP contribution in [0.2, 0.25) is 0 Å². The zero-order chi connectivity index (χ0) is 10.1. The fourth-order valence-corrected chi connectivity index (χ4v) is 1.86. The molecule has 1 rings (SSSR count). The van der Waals surface area contributed by atoms with Gasteiger partial charge in [-0.3, -0.25) is 0 Å². The van der Waals surface area contributed by atoms with Gasteiger partial charge in [-0.1, -0.05) is 0 Å². The molecule has 0 saturated heterocycles. The third-order valence-corrected chi connectivity index (χ3v) is 3.35. The largest absolute Gasteiger partial charge is 0.546 e. The van der Waals surface area contributed by atoms with Crippen LogP contribution in [0.5, 0.6) is 0 Å². The molecule has 0 aromatic heterocycles. The van der Waals surface area contributed by atoms with Gasteiger partial charge >= 0.3 is 8.03 Å². The Labute approximate surface area is 77.0 Å². The summed E-state index contributed by atoms with van der Waals surface area (Å²) in [5.41, 5.74) is 0. The molecule has 4 nitrogen and oxygen atoms in total. The summed E-state index contributed by atoms with van der Waals surface area (Å²) in [4.78, 5) is 8.82. The molecule has 13 heavy (non-hydrogen) atoms. The van der Waals surface area contributed by atoms with E-state index in [-0.39, 0.29) is 10.2 Å². The molecule has 6 heteroatoms. The van der Waals surface area contributed by atoms with Crippen molar-refractivity contribution in [1.29, 1.82) is 0 Å². The van der Waals surface area contributed by atoms with E-state index >= 15 is 0 Å². The van der Waals surface area contributed by atoms with Gasteiger partial charge in [0.05, 0.1) is 4.90 Å². The van der Waals surface area contributed by atoms with Gasteiger partial charge < -0.3 is 0 Å². The lowest BCUT2D eigenvalue weighted by molar-refractivity contribution is 0.513. The summed E-state index contributed by atoms with van der Waals surface area (Å²) in [5, 5.41) is 0.224. The standard InChI is InChI=1S/C7H7O4PS/c1-13(10,11)7-4-2-6(3-5-7)12(8)9/h2-5H,1H3/p+1. The lowest BCUT2D eigenvalue weighted by atomic mass is 10.4. The SMILES string of the molecule is CS(=O)(=O)c1ccc([P+](=O)O)cc1. The maximum Gasteiger partial charge on any atom is 0.546 e. The molecule has 1 aromatic carbocycles. The predicted octanol–water partition coefficient (Wildman–Crippen LogP) is 0.450. The van der Waals surface area contributed by atoms with Gasteiger partial charge in [-0.05, 0) is 28.8 Å². The first-order valence-corrected chi connectivity index (χ1v) is 6.48. The van der Waals surface area contributed by atoms with Crippen molar-refractivity contribution in [2.45, 2.75) is 4.90 Å². The first-order chi connectivity index (χ1) is 5.91. The van der Waals surface area contributed by atoms with Gasteiger partial charge in [0.1, 0.15) is 0 Å². The molecular formula is C7H8O4PS+. The third-order valence-electron chi connectivity index (χ3n) is 1.49. The van der Waals surface area contributed by atoms with Crippen molar-refractivity contribution < 1.29 is 17.9 Å². The van der Waals surface area contributed by atoms with E-state index in [0.717, 1.165) is 6.26 Å². The van der Waals surface area contributed by atoms with Gasteiger partial charge in [0.2, 0.25) is 5.30 Å². The van der Waals surface area contributed by atoms with Crippen LogP contribution in [-0.4, -0.2) is 19.6 Å². The topological polar surface area (TPSA) is 71.4 Å². The van der Waals surface area contributed by atoms with Gasteiger partial charge in [0, 0.05) is 6.26 Å². The molecule has 0 bridgehead atoms. The zero-order valence-corrected chi connectivity index (χ0v) is 8.55. The molecular weight excluding hydrogens is 211 g/mol. The van der Waals surface area contributed by atoms with Crippen LogP contribution in [0.3, 0.4) is 0 Å². The minimum absolute atomic E-state index is 0.146. The molecule has 70 valence electrons. The van der Waals surface area contributed by atoms with E-state index < -0.39 is 17.9 Å². The molecule has 0 saturated carbocycles. The van der Waals surface area contributed by atoms with Gasteiger partial charge in [0.15, 0.2) is 9.84 Å². The van der Waals surface area contributed by atoms with E-state index in [0.29, 0.717) is 0 Å². The Bertz CT molecular complexity index is 420. The van der Waals surface area contributed by atoms with Crippen molar-refractivity contribution in [2.24, 2.45) is 0 Å². The minimum Gasteiger partial charge on any atom is -0.224 e. The molecule has 1 unspecified atom stereocenters. The fraction of sp³-hybridized carbons (Fsp3) is 0.143. The summed E-state index contributed by atoms with van der Waals surface area (Å²) in [5.74, 6) is 0. The van der Waals surface area contributed by atoms with Gasteiger partial charge in [0.25, 0.3) is 0 Å². The average Bonchev–Trinajstić information content (AvgIpc) is 2.03. The van der Waals surface area contributed by atoms with Crippen molar-refractivity contribution >= 4 is 23.2 Å². The Balaban J connectivity index is 3.16. The lowest BCUT2D eigenvalue weighted by Gasteiger charge is -1.94. The van der Waals surface area contributed by atoms with Crippen LogP contribution in [0, 0.1) is 0 Å². The molecule has 0 aliphatic rings. The fourth-order valence-electron chi connectivity index (χ4n) is 0.821. The molecule has 1 aromatic rings. The number of benzene rings is 1. The molecule has 1 N–H and O–H groups in total. The first kappa shape index (κ1) is 10.3. The molecule has 1 atom stereocenters. The van der Waals surface area contributed by atoms with Crippen LogP contribution in [0.25, 0.3) is 0 Å². The Morgan fingerprint density at radius 1 is 1.23 bits per heavy atom. The van der Waals surface area contributed by atoms with Crippen molar-refractivity contribution in [2.75, 3.05) is 6.26 Å². The normalized spacial score (nSPS) is 12.6. The second-order valence-electron chi connectivity index (χ2n) is 2.54. The maximum absolute atomic E-state index is 11.0. The van der Waals surface area contributed by atoms with Gasteiger partial charge in [-0.2, -0.15) is 4.89 Å². The highest BCUT2D eigenvalue weighted by atomic mass is 32.2. The van der Waals surface area contributed by atoms with Gasteiger partial charge in [-0.25, -0.2) is 8.42 Å². The molecule has 0 fully saturated rings. The molecule has 0 radical (unpaired) electrons. The van der Waals surface area contributed by atoms with Crippen molar-refractivity contribution in [3.63, 3.8) is 0 Å². The summed E-state index contributed by atoms with van der Waals surface area (Å²) in [6.07, 6.45) is 1.08. The van der Waals surface area contributed by atoms with E-state index in [1.54, 1.807) is 0 Å². The van der Waals surface area contributed by atoms with Crippen LogP contribution in [-0.2, 0) is 14.4 Å². The van der Waals surface area contributed by atoms with E-state index in [4.69, 9.17) is 4.89 Å². The lowest BCUT2D eigenvalue weighted by Crippen LogP contribution is -2.00. The number of rotatable bonds is 2. The summed E-state index contributed by atoms with van der Waals surface area (Å²) in [6, 6.07) is 5.28. The maximum atomic E-state index is 11.0. The molecule has 0 aliphatic heterocycles. The Morgan fingerprint density at radius 2 is 1.69 bits per heavy atom. The number of sulfone groups is 1. The molecule has 0 spiro atoms. The summed E-state index contributed by atoms with van der Waals surface area (Å²) >= 11 is 0. The number of hydrogen-bond donors (Lipinski definition) is 1. The quantitative estimate of drug-likeness (QED) is 0.733. The van der Waals surface area contributed by atoms with Crippen LogP contribution in [0.1, 0.15) is 0 Å². The molecule has 0 heterocycles. The summed E-state index contributed by atoms with van der Waals surface area (Å²) in [7, 11) is -5.61. The monoisotopic (exact) mass is 219 g/mol. The Hall–Kier alpha value is -0.770. The summed E-state index contributed by atoms with van der Waals surface area (Å²) < 4.78 is 32.5. The van der Waals surface area contributed by atoms with Gasteiger partial charge in [-0.15, -0.1) is 0 Å². The van der Waals surface area contributed by atoms with Crippen molar-refractivity contribution in [3.8, 4) is 0 Å². The highest BCUT2D eigenvalue weighted by Crippen LogP contribution is 2.14. The van der Waals surface area contributed by atoms with Crippen LogP contribution >= 0.6 is 8.03 Å². The minimum atomic E-state index is -3.22. The molecule has 0 amide bonds. The average molecular weight is 219 g/mol. The molecule has 0 aliphatic carbocycles. The first-order valence-electron chi connectivity index (χ1n) is 3.37. The van der Waals surface area contributed by atoms with E-state index in [1.807, 2.05) is 0 Å². The van der Waals surface area contributed by atoms with E-state index in [2.05, 4.69) is 0 Å². The summed E-state index contributed by atoms with van der Waals surface area (Å²) in [6.45, 7) is 0. The van der Waals surface area contributed by atoms with Crippen molar-refractivity contribution in [1.82, 2.24) is 0 Å². The predicted molar refractivity (Wildman–Crippen MR) is 49.0 cm³/mol. The van der Waals surface area contributed by atoms with Crippen LogP contribution < -0.4 is 5.30 Å². The van der Waals surface area contributed by atoms with Crippen LogP contribution in [0.15, 0.2) is 29.2 Å². The van der Waals surface area contributed by atoms with Crippen molar-refractivity contribution in [3.05, 3.63) is 24.3 Å². The zero-order valence-electron chi connectivity index (χ0n) is 6.84. The second kappa shape index (κ2) is 3.54. The Kier molecular flexibility index (Phi) is 2.81. The van der Waals surface area contributed by atoms with Crippen LogP contribution in [0.4, 0.5) is 0 Å². The van der Waals surface area contributed by atoms with E-state index in [9.17, 15) is 13.0 Å². The highest BCUT2D eigenvalue weighted by molar-refractivity contribution is 7.90. The smallest absolute Gasteiger partial charge is 0.224 e. The Morgan fingerprint density at radius 3 is 2.00 bits per heavy atom. The van der Waals surface area contributed by atoms with E-state index in [1.165, 1.54) is 24.3 Å². The number of hydrogen-bond acceptors (Lipinski definition) is 3.